The Bertz CT molecular complexity index is 695. The second-order valence-electron chi connectivity index (χ2n) is 4.16. The van der Waals surface area contributed by atoms with Crippen LogP contribution < -0.4 is 5.32 Å². The lowest BCUT2D eigenvalue weighted by molar-refractivity contribution is 0.103. The second-order valence-corrected chi connectivity index (χ2v) is 5.25. The molecule has 2 aromatic rings. The monoisotopic (exact) mass is 286 g/mol. The number of amides is 1. The van der Waals surface area contributed by atoms with Crippen molar-refractivity contribution in [2.24, 2.45) is 0 Å². The Morgan fingerprint density at radius 1 is 1.35 bits per heavy atom. The number of pyridine rings is 1. The lowest BCUT2D eigenvalue weighted by Crippen LogP contribution is -2.11. The van der Waals surface area contributed by atoms with Crippen LogP contribution in [0.2, 0.25) is 0 Å². The third-order valence-electron chi connectivity index (χ3n) is 2.59. The molecule has 2 heterocycles. The van der Waals surface area contributed by atoms with E-state index >= 15 is 0 Å². The maximum absolute atomic E-state index is 12.1. The van der Waals surface area contributed by atoms with Gasteiger partial charge in [-0.25, -0.2) is 0 Å². The van der Waals surface area contributed by atoms with Gasteiger partial charge < -0.3 is 10.4 Å². The molecule has 2 aromatic heterocycles. The quantitative estimate of drug-likeness (QED) is 0.833. The van der Waals surface area contributed by atoms with E-state index in [-0.39, 0.29) is 12.5 Å². The van der Waals surface area contributed by atoms with Crippen LogP contribution in [0.3, 0.4) is 0 Å². The number of rotatable bonds is 2. The van der Waals surface area contributed by atoms with Gasteiger partial charge in [0.1, 0.15) is 6.61 Å². The smallest absolute Gasteiger partial charge is 0.265 e. The van der Waals surface area contributed by atoms with Gasteiger partial charge >= 0.3 is 0 Å². The molecule has 0 saturated heterocycles. The molecule has 0 unspecified atom stereocenters. The normalized spacial score (nSPS) is 9.75. The Labute approximate surface area is 121 Å². The van der Waals surface area contributed by atoms with Gasteiger partial charge in [-0.2, -0.15) is 0 Å². The number of thiophene rings is 1. The fourth-order valence-corrected chi connectivity index (χ4v) is 2.43. The average Bonchev–Trinajstić information content (AvgIpc) is 2.88. The summed E-state index contributed by atoms with van der Waals surface area (Å²) in [7, 11) is 0. The van der Waals surface area contributed by atoms with Crippen LogP contribution in [0.15, 0.2) is 24.3 Å². The maximum atomic E-state index is 12.1. The van der Waals surface area contributed by atoms with Gasteiger partial charge in [-0.05, 0) is 38.1 Å². The van der Waals surface area contributed by atoms with Gasteiger partial charge in [0, 0.05) is 5.69 Å². The molecule has 0 aliphatic carbocycles. The largest absolute Gasteiger partial charge is 0.384 e. The molecule has 0 atom stereocenters. The van der Waals surface area contributed by atoms with Crippen LogP contribution in [0.25, 0.3) is 0 Å². The number of aliphatic hydroxyl groups excluding tert-OH is 1. The van der Waals surface area contributed by atoms with Crippen LogP contribution in [0, 0.1) is 25.7 Å². The van der Waals surface area contributed by atoms with Crippen molar-refractivity contribution in [3.8, 4) is 11.8 Å². The number of nitrogens with zero attached hydrogens (tertiary/aromatic N) is 1. The van der Waals surface area contributed by atoms with Crippen molar-refractivity contribution >= 4 is 22.9 Å². The fourth-order valence-electron chi connectivity index (χ4n) is 1.66. The molecule has 4 nitrogen and oxygen atoms in total. The van der Waals surface area contributed by atoms with Crippen molar-refractivity contribution in [2.45, 2.75) is 13.8 Å². The summed E-state index contributed by atoms with van der Waals surface area (Å²) >= 11 is 1.29. The minimum absolute atomic E-state index is 0.180. The molecular formula is C15H14N2O2S. The molecule has 2 N–H and O–H groups in total. The zero-order chi connectivity index (χ0) is 14.5. The molecule has 102 valence electrons. The molecule has 0 fully saturated rings. The molecule has 0 aromatic carbocycles. The van der Waals surface area contributed by atoms with Crippen molar-refractivity contribution in [1.29, 1.82) is 0 Å². The molecule has 2 rings (SSSR count). The van der Waals surface area contributed by atoms with Crippen LogP contribution in [-0.4, -0.2) is 22.6 Å². The van der Waals surface area contributed by atoms with E-state index in [0.29, 0.717) is 10.6 Å². The minimum atomic E-state index is -0.187. The van der Waals surface area contributed by atoms with Crippen molar-refractivity contribution in [1.82, 2.24) is 4.98 Å². The lowest BCUT2D eigenvalue weighted by Gasteiger charge is -2.07. The van der Waals surface area contributed by atoms with E-state index in [2.05, 4.69) is 22.1 Å². The van der Waals surface area contributed by atoms with Gasteiger partial charge in [0.05, 0.1) is 21.1 Å². The van der Waals surface area contributed by atoms with E-state index in [1.54, 1.807) is 12.1 Å². The highest BCUT2D eigenvalue weighted by Gasteiger charge is 2.10. The van der Waals surface area contributed by atoms with Gasteiger partial charge in [-0.3, -0.25) is 9.78 Å². The Balaban J connectivity index is 2.13. The summed E-state index contributed by atoms with van der Waals surface area (Å²) in [5, 5.41) is 11.5. The Hall–Kier alpha value is -2.16. The summed E-state index contributed by atoms with van der Waals surface area (Å²) in [6.07, 6.45) is 0. The van der Waals surface area contributed by atoms with Crippen LogP contribution >= 0.6 is 11.3 Å². The van der Waals surface area contributed by atoms with E-state index in [9.17, 15) is 4.79 Å². The predicted molar refractivity (Wildman–Crippen MR) is 79.9 cm³/mol. The zero-order valence-electron chi connectivity index (χ0n) is 11.2. The fraction of sp³-hybridized carbons (Fsp3) is 0.200. The first kappa shape index (κ1) is 14.3. The van der Waals surface area contributed by atoms with Gasteiger partial charge in [-0.15, -0.1) is 11.3 Å². The molecule has 20 heavy (non-hydrogen) atoms. The first-order chi connectivity index (χ1) is 9.60. The highest BCUT2D eigenvalue weighted by atomic mass is 32.1. The number of hydrogen-bond donors (Lipinski definition) is 2. The van der Waals surface area contributed by atoms with Crippen LogP contribution in [0.4, 0.5) is 5.69 Å². The second kappa shape index (κ2) is 6.33. The SMILES string of the molecule is Cc1ccc(NC(=O)c2ccc(C#CCO)s2)c(C)n1. The third-order valence-corrected chi connectivity index (χ3v) is 3.59. The van der Waals surface area contributed by atoms with Crippen LogP contribution in [0.1, 0.15) is 25.9 Å². The highest BCUT2D eigenvalue weighted by molar-refractivity contribution is 7.14. The van der Waals surface area contributed by atoms with E-state index in [1.807, 2.05) is 26.0 Å². The van der Waals surface area contributed by atoms with Gasteiger partial charge in [-0.1, -0.05) is 11.8 Å². The average molecular weight is 286 g/mol. The third kappa shape index (κ3) is 3.44. The van der Waals surface area contributed by atoms with Crippen molar-refractivity contribution in [3.05, 3.63) is 45.4 Å². The molecular weight excluding hydrogens is 272 g/mol. The first-order valence-corrected chi connectivity index (χ1v) is 6.87. The summed E-state index contributed by atoms with van der Waals surface area (Å²) in [5.41, 5.74) is 2.41. The number of anilines is 1. The van der Waals surface area contributed by atoms with E-state index < -0.39 is 0 Å². The summed E-state index contributed by atoms with van der Waals surface area (Å²) < 4.78 is 0. The molecule has 0 saturated carbocycles. The van der Waals surface area contributed by atoms with E-state index in [4.69, 9.17) is 5.11 Å². The van der Waals surface area contributed by atoms with Gasteiger partial charge in [0.25, 0.3) is 5.91 Å². The molecule has 0 aliphatic heterocycles. The maximum Gasteiger partial charge on any atom is 0.265 e. The number of nitrogens with one attached hydrogen (secondary N) is 1. The first-order valence-electron chi connectivity index (χ1n) is 6.05. The zero-order valence-corrected chi connectivity index (χ0v) is 12.0. The van der Waals surface area contributed by atoms with Crippen LogP contribution in [0.5, 0.6) is 0 Å². The standard InChI is InChI=1S/C15H14N2O2S/c1-10-5-7-13(11(2)16-10)17-15(19)14-8-6-12(20-14)4-3-9-18/h5-8,18H,9H2,1-2H3,(H,17,19). The summed E-state index contributed by atoms with van der Waals surface area (Å²) in [6.45, 7) is 3.58. The summed E-state index contributed by atoms with van der Waals surface area (Å²) in [5.74, 6) is 5.15. The van der Waals surface area contributed by atoms with Gasteiger partial charge in [0.2, 0.25) is 0 Å². The van der Waals surface area contributed by atoms with E-state index in [1.165, 1.54) is 11.3 Å². The topological polar surface area (TPSA) is 62.2 Å². The Kier molecular flexibility index (Phi) is 4.51. The number of carbonyl (C=O) groups excluding carboxylic acids is 1. The van der Waals surface area contributed by atoms with Crippen molar-refractivity contribution in [2.75, 3.05) is 11.9 Å². The Morgan fingerprint density at radius 3 is 2.85 bits per heavy atom. The van der Waals surface area contributed by atoms with Crippen molar-refractivity contribution < 1.29 is 9.90 Å². The van der Waals surface area contributed by atoms with Gasteiger partial charge in [0.15, 0.2) is 0 Å². The number of aryl methyl sites for hydroxylation is 2. The number of hydrogen-bond acceptors (Lipinski definition) is 4. The van der Waals surface area contributed by atoms with Crippen molar-refractivity contribution in [3.63, 3.8) is 0 Å². The molecule has 0 bridgehead atoms. The molecule has 0 spiro atoms. The number of aliphatic hydroxyl groups is 1. The summed E-state index contributed by atoms with van der Waals surface area (Å²) in [6, 6.07) is 7.19. The predicted octanol–water partition coefficient (Wildman–Crippen LogP) is 2.36. The van der Waals surface area contributed by atoms with E-state index in [0.717, 1.165) is 16.3 Å². The lowest BCUT2D eigenvalue weighted by atomic mass is 10.2. The molecule has 0 radical (unpaired) electrons. The molecule has 0 aliphatic rings. The number of carbonyl (C=O) groups is 1. The molecule has 5 heteroatoms. The minimum Gasteiger partial charge on any atom is -0.384 e. The Morgan fingerprint density at radius 2 is 2.15 bits per heavy atom. The highest BCUT2D eigenvalue weighted by Crippen LogP contribution is 2.19. The number of aromatic nitrogens is 1. The molecule has 1 amide bonds. The summed E-state index contributed by atoms with van der Waals surface area (Å²) in [4.78, 5) is 17.7. The van der Waals surface area contributed by atoms with Crippen LogP contribution in [-0.2, 0) is 0 Å².